The van der Waals surface area contributed by atoms with Crippen LogP contribution in [0.15, 0.2) is 34.8 Å². The van der Waals surface area contributed by atoms with Crippen LogP contribution in [0.4, 0.5) is 0 Å². The first-order valence-electron chi connectivity index (χ1n) is 6.56. The SMILES string of the molecule is Cc1ccc(Oc2cc(C(=O)O)cc(C(C)C)n2)c(Br)c1. The second-order valence-corrected chi connectivity index (χ2v) is 5.97. The van der Waals surface area contributed by atoms with Crippen molar-refractivity contribution in [3.63, 3.8) is 0 Å². The molecule has 5 heteroatoms. The lowest BCUT2D eigenvalue weighted by molar-refractivity contribution is 0.0696. The Morgan fingerprint density at radius 1 is 1.29 bits per heavy atom. The predicted molar refractivity (Wildman–Crippen MR) is 84.2 cm³/mol. The smallest absolute Gasteiger partial charge is 0.335 e. The molecule has 0 saturated carbocycles. The maximum Gasteiger partial charge on any atom is 0.335 e. The fourth-order valence-electron chi connectivity index (χ4n) is 1.80. The van der Waals surface area contributed by atoms with E-state index in [4.69, 9.17) is 4.74 Å². The molecule has 0 aliphatic rings. The number of hydrogen-bond acceptors (Lipinski definition) is 3. The lowest BCUT2D eigenvalue weighted by atomic mass is 10.1. The van der Waals surface area contributed by atoms with Crippen LogP contribution in [-0.4, -0.2) is 16.1 Å². The van der Waals surface area contributed by atoms with E-state index in [2.05, 4.69) is 20.9 Å². The van der Waals surface area contributed by atoms with Crippen LogP contribution in [0.5, 0.6) is 11.6 Å². The minimum Gasteiger partial charge on any atom is -0.478 e. The molecular formula is C16H16BrNO3. The Bertz CT molecular complexity index is 683. The zero-order valence-corrected chi connectivity index (χ0v) is 13.6. The molecule has 0 aliphatic heterocycles. The summed E-state index contributed by atoms with van der Waals surface area (Å²) in [4.78, 5) is 15.6. The monoisotopic (exact) mass is 349 g/mol. The van der Waals surface area contributed by atoms with Crippen LogP contribution in [0.3, 0.4) is 0 Å². The fraction of sp³-hybridized carbons (Fsp3) is 0.250. The molecule has 0 amide bonds. The van der Waals surface area contributed by atoms with Crippen molar-refractivity contribution in [2.24, 2.45) is 0 Å². The van der Waals surface area contributed by atoms with Crippen LogP contribution < -0.4 is 4.74 Å². The molecule has 0 bridgehead atoms. The quantitative estimate of drug-likeness (QED) is 0.863. The Morgan fingerprint density at radius 2 is 2.00 bits per heavy atom. The molecule has 2 aromatic rings. The Balaban J connectivity index is 2.41. The number of ether oxygens (including phenoxy) is 1. The predicted octanol–water partition coefficient (Wildman–Crippen LogP) is 4.77. The minimum atomic E-state index is -0.993. The molecule has 0 spiro atoms. The van der Waals surface area contributed by atoms with Crippen LogP contribution in [0.1, 0.15) is 41.4 Å². The van der Waals surface area contributed by atoms with E-state index in [9.17, 15) is 9.90 Å². The van der Waals surface area contributed by atoms with E-state index in [1.807, 2.05) is 39.0 Å². The van der Waals surface area contributed by atoms with E-state index in [1.165, 1.54) is 6.07 Å². The fourth-order valence-corrected chi connectivity index (χ4v) is 2.37. The molecule has 2 rings (SSSR count). The van der Waals surface area contributed by atoms with Gasteiger partial charge in [0.1, 0.15) is 5.75 Å². The first kappa shape index (κ1) is 15.5. The largest absolute Gasteiger partial charge is 0.478 e. The van der Waals surface area contributed by atoms with Crippen LogP contribution >= 0.6 is 15.9 Å². The number of aromatic carboxylic acids is 1. The molecular weight excluding hydrogens is 334 g/mol. The number of rotatable bonds is 4. The first-order valence-corrected chi connectivity index (χ1v) is 7.35. The van der Waals surface area contributed by atoms with Crippen molar-refractivity contribution in [2.45, 2.75) is 26.7 Å². The molecule has 1 aromatic heterocycles. The Morgan fingerprint density at radius 3 is 2.57 bits per heavy atom. The van der Waals surface area contributed by atoms with Crippen molar-refractivity contribution in [1.29, 1.82) is 0 Å². The lowest BCUT2D eigenvalue weighted by Crippen LogP contribution is -2.03. The second kappa shape index (κ2) is 6.26. The number of pyridine rings is 1. The third kappa shape index (κ3) is 3.82. The minimum absolute atomic E-state index is 0.119. The number of benzene rings is 1. The maximum absolute atomic E-state index is 11.2. The summed E-state index contributed by atoms with van der Waals surface area (Å²) in [5, 5.41) is 9.18. The summed E-state index contributed by atoms with van der Waals surface area (Å²) in [7, 11) is 0. The van der Waals surface area contributed by atoms with Gasteiger partial charge in [-0.05, 0) is 52.5 Å². The van der Waals surface area contributed by atoms with Crippen molar-refractivity contribution in [3.05, 3.63) is 51.6 Å². The first-order chi connectivity index (χ1) is 9.86. The summed E-state index contributed by atoms with van der Waals surface area (Å²) >= 11 is 3.43. The number of aryl methyl sites for hydroxylation is 1. The Kier molecular flexibility index (Phi) is 4.63. The van der Waals surface area contributed by atoms with E-state index in [-0.39, 0.29) is 17.4 Å². The summed E-state index contributed by atoms with van der Waals surface area (Å²) in [5.74, 6) is 0.00808. The average molecular weight is 350 g/mol. The molecule has 1 aromatic carbocycles. The molecule has 0 atom stereocenters. The number of carboxylic acids is 1. The summed E-state index contributed by atoms with van der Waals surface area (Å²) in [6.07, 6.45) is 0. The number of carboxylic acid groups (broad SMARTS) is 1. The summed E-state index contributed by atoms with van der Waals surface area (Å²) in [6.45, 7) is 5.90. The summed E-state index contributed by atoms with van der Waals surface area (Å²) in [5.41, 5.74) is 1.96. The highest BCUT2D eigenvalue weighted by atomic mass is 79.9. The summed E-state index contributed by atoms with van der Waals surface area (Å²) < 4.78 is 6.53. The number of carbonyl (C=O) groups is 1. The molecule has 0 fully saturated rings. The van der Waals surface area contributed by atoms with Gasteiger partial charge in [-0.15, -0.1) is 0 Å². The van der Waals surface area contributed by atoms with Gasteiger partial charge in [-0.3, -0.25) is 0 Å². The van der Waals surface area contributed by atoms with Crippen molar-refractivity contribution >= 4 is 21.9 Å². The van der Waals surface area contributed by atoms with Crippen molar-refractivity contribution in [1.82, 2.24) is 4.98 Å². The van der Waals surface area contributed by atoms with E-state index in [0.29, 0.717) is 11.4 Å². The van der Waals surface area contributed by atoms with E-state index >= 15 is 0 Å². The second-order valence-electron chi connectivity index (χ2n) is 5.11. The zero-order chi connectivity index (χ0) is 15.6. The topological polar surface area (TPSA) is 59.4 Å². The van der Waals surface area contributed by atoms with Gasteiger partial charge in [0.15, 0.2) is 0 Å². The van der Waals surface area contributed by atoms with Crippen LogP contribution in [0.2, 0.25) is 0 Å². The normalized spacial score (nSPS) is 10.7. The third-order valence-corrected chi connectivity index (χ3v) is 3.58. The molecule has 0 saturated heterocycles. The molecule has 0 aliphatic carbocycles. The van der Waals surface area contributed by atoms with Crippen molar-refractivity contribution in [3.8, 4) is 11.6 Å². The number of halogens is 1. The van der Waals surface area contributed by atoms with E-state index < -0.39 is 5.97 Å². The summed E-state index contributed by atoms with van der Waals surface area (Å²) in [6, 6.07) is 8.68. The average Bonchev–Trinajstić information content (AvgIpc) is 2.41. The zero-order valence-electron chi connectivity index (χ0n) is 12.1. The van der Waals surface area contributed by atoms with Gasteiger partial charge in [0.05, 0.1) is 10.0 Å². The molecule has 0 unspecified atom stereocenters. The van der Waals surface area contributed by atoms with E-state index in [1.54, 1.807) is 6.07 Å². The van der Waals surface area contributed by atoms with Gasteiger partial charge < -0.3 is 9.84 Å². The highest BCUT2D eigenvalue weighted by molar-refractivity contribution is 9.10. The van der Waals surface area contributed by atoms with Gasteiger partial charge in [0, 0.05) is 11.8 Å². The number of nitrogens with zero attached hydrogens (tertiary/aromatic N) is 1. The highest BCUT2D eigenvalue weighted by Crippen LogP contribution is 2.30. The Labute approximate surface area is 131 Å². The van der Waals surface area contributed by atoms with Crippen molar-refractivity contribution in [2.75, 3.05) is 0 Å². The molecule has 4 nitrogen and oxygen atoms in total. The maximum atomic E-state index is 11.2. The third-order valence-electron chi connectivity index (χ3n) is 2.96. The standard InChI is InChI=1S/C16H16BrNO3/c1-9(2)13-7-11(16(19)20)8-15(18-13)21-14-5-4-10(3)6-12(14)17/h4-9H,1-3H3,(H,19,20). The molecule has 110 valence electrons. The van der Waals surface area contributed by atoms with Gasteiger partial charge in [-0.25, -0.2) is 9.78 Å². The van der Waals surface area contributed by atoms with E-state index in [0.717, 1.165) is 10.0 Å². The van der Waals surface area contributed by atoms with Crippen molar-refractivity contribution < 1.29 is 14.6 Å². The van der Waals surface area contributed by atoms with Gasteiger partial charge in [-0.1, -0.05) is 19.9 Å². The number of hydrogen-bond donors (Lipinski definition) is 1. The van der Waals surface area contributed by atoms with Crippen LogP contribution in [0, 0.1) is 6.92 Å². The highest BCUT2D eigenvalue weighted by Gasteiger charge is 2.13. The van der Waals surface area contributed by atoms with Gasteiger partial charge in [0.2, 0.25) is 5.88 Å². The van der Waals surface area contributed by atoms with Crippen LogP contribution in [0.25, 0.3) is 0 Å². The molecule has 21 heavy (non-hydrogen) atoms. The van der Waals surface area contributed by atoms with Crippen LogP contribution in [-0.2, 0) is 0 Å². The van der Waals surface area contributed by atoms with Gasteiger partial charge in [0.25, 0.3) is 0 Å². The molecule has 1 heterocycles. The van der Waals surface area contributed by atoms with Gasteiger partial charge in [-0.2, -0.15) is 0 Å². The molecule has 1 N–H and O–H groups in total. The number of aromatic nitrogens is 1. The van der Waals surface area contributed by atoms with Gasteiger partial charge >= 0.3 is 5.97 Å². The molecule has 0 radical (unpaired) electrons. The Hall–Kier alpha value is -1.88. The lowest BCUT2D eigenvalue weighted by Gasteiger charge is -2.11.